The zero-order valence-corrected chi connectivity index (χ0v) is 47.8. The maximum absolute atomic E-state index is 12.9. The quantitative estimate of drug-likeness (QED) is 0.0449. The van der Waals surface area contributed by atoms with E-state index >= 15 is 0 Å². The van der Waals surface area contributed by atoms with Crippen LogP contribution in [0.25, 0.3) is 0 Å². The lowest BCUT2D eigenvalue weighted by Crippen LogP contribution is -2.34. The Hall–Kier alpha value is -3.56. The van der Waals surface area contributed by atoms with Crippen molar-refractivity contribution in [2.45, 2.75) is 34.7 Å². The Morgan fingerprint density at radius 2 is 0.805 bits per heavy atom. The first-order chi connectivity index (χ1) is 37.0. The molecular weight excluding hydrogens is 1120 g/mol. The average molecular weight is 1190 g/mol. The number of nitrogens with one attached hydrogen (secondary N) is 4. The third-order valence-corrected chi connectivity index (χ3v) is 16.4. The molecule has 2 amide bonds. The smallest absolute Gasteiger partial charge is 0.246 e. The number of hydrogen-bond acceptors (Lipinski definition) is 15. The minimum Gasteiger partial charge on any atom is -0.378 e. The van der Waals surface area contributed by atoms with Crippen molar-refractivity contribution in [3.8, 4) is 0 Å². The second-order valence-corrected chi connectivity index (χ2v) is 23.4. The van der Waals surface area contributed by atoms with Crippen LogP contribution in [0.4, 0.5) is 0 Å². The van der Waals surface area contributed by atoms with Crippen molar-refractivity contribution >= 4 is 78.3 Å². The molecular formula is C52H68Cl4N6O13S2. The van der Waals surface area contributed by atoms with Gasteiger partial charge in [0.25, 0.3) is 0 Å². The summed E-state index contributed by atoms with van der Waals surface area (Å²) >= 11 is 25.6. The summed E-state index contributed by atoms with van der Waals surface area (Å²) in [6.07, 6.45) is 0. The van der Waals surface area contributed by atoms with Crippen molar-refractivity contribution in [3.63, 3.8) is 0 Å². The van der Waals surface area contributed by atoms with Gasteiger partial charge in [0, 0.05) is 84.3 Å². The van der Waals surface area contributed by atoms with Gasteiger partial charge in [0.2, 0.25) is 31.9 Å². The largest absolute Gasteiger partial charge is 0.378 e. The molecule has 6 rings (SSSR count). The number of hydrogen-bond donors (Lipinski definition) is 4. The van der Waals surface area contributed by atoms with Crippen molar-refractivity contribution in [1.29, 1.82) is 0 Å². The molecule has 77 heavy (non-hydrogen) atoms. The van der Waals surface area contributed by atoms with Crippen LogP contribution in [-0.4, -0.2) is 184 Å². The molecule has 0 saturated heterocycles. The first kappa shape index (κ1) is 62.6. The van der Waals surface area contributed by atoms with Gasteiger partial charge in [-0.2, -0.15) is 0 Å². The minimum absolute atomic E-state index is 0.000581. The zero-order chi connectivity index (χ0) is 55.2. The molecule has 2 aliphatic rings. The van der Waals surface area contributed by atoms with Gasteiger partial charge in [0.1, 0.15) is 13.2 Å². The van der Waals surface area contributed by atoms with Crippen LogP contribution in [0.3, 0.4) is 0 Å². The van der Waals surface area contributed by atoms with E-state index in [0.29, 0.717) is 59.6 Å². The predicted molar refractivity (Wildman–Crippen MR) is 294 cm³/mol. The molecule has 2 heterocycles. The van der Waals surface area contributed by atoms with Crippen molar-refractivity contribution in [1.82, 2.24) is 29.9 Å². The zero-order valence-electron chi connectivity index (χ0n) is 43.2. The van der Waals surface area contributed by atoms with Crippen LogP contribution in [0.2, 0.25) is 20.1 Å². The van der Waals surface area contributed by atoms with Crippen LogP contribution in [0, 0.1) is 0 Å². The van der Waals surface area contributed by atoms with Gasteiger partial charge in [-0.25, -0.2) is 26.3 Å². The van der Waals surface area contributed by atoms with Crippen LogP contribution < -0.4 is 20.1 Å². The van der Waals surface area contributed by atoms with Crippen LogP contribution in [0.15, 0.2) is 82.6 Å². The number of carbonyl (C=O) groups excluding carboxylic acids is 2. The number of rotatable bonds is 34. The number of nitrogens with zero attached hydrogens (tertiary/aromatic N) is 2. The van der Waals surface area contributed by atoms with Crippen LogP contribution in [0.1, 0.15) is 45.2 Å². The van der Waals surface area contributed by atoms with Gasteiger partial charge < -0.3 is 53.6 Å². The number of benzene rings is 4. The number of ether oxygens (including phenoxy) is 7. The Morgan fingerprint density at radius 3 is 1.16 bits per heavy atom. The molecule has 0 bridgehead atoms. The fraction of sp³-hybridized carbons (Fsp3) is 0.500. The van der Waals surface area contributed by atoms with E-state index in [2.05, 4.69) is 29.9 Å². The van der Waals surface area contributed by atoms with Gasteiger partial charge in [-0.05, 0) is 96.0 Å². The fourth-order valence-electron chi connectivity index (χ4n) is 8.63. The van der Waals surface area contributed by atoms with E-state index in [9.17, 15) is 26.4 Å². The van der Waals surface area contributed by atoms with Gasteiger partial charge in [-0.15, -0.1) is 0 Å². The van der Waals surface area contributed by atoms with E-state index in [1.54, 1.807) is 36.4 Å². The highest BCUT2D eigenvalue weighted by Crippen LogP contribution is 2.40. The Bertz CT molecular complexity index is 2570. The van der Waals surface area contributed by atoms with E-state index in [1.807, 2.05) is 50.5 Å². The van der Waals surface area contributed by atoms with Crippen LogP contribution in [-0.2, 0) is 75.9 Å². The Labute approximate surface area is 471 Å². The Balaban J connectivity index is 0.674. The van der Waals surface area contributed by atoms with Gasteiger partial charge in [0.15, 0.2) is 0 Å². The van der Waals surface area contributed by atoms with E-state index in [1.165, 1.54) is 0 Å². The summed E-state index contributed by atoms with van der Waals surface area (Å²) in [6.45, 7) is 6.11. The lowest BCUT2D eigenvalue weighted by molar-refractivity contribution is -0.131. The van der Waals surface area contributed by atoms with Gasteiger partial charge >= 0.3 is 0 Å². The number of likely N-dealkylation sites (N-methyl/N-ethyl adjacent to an activating group) is 2. The number of carbonyl (C=O) groups is 2. The molecule has 424 valence electrons. The molecule has 4 aromatic carbocycles. The topological polar surface area (TPSA) is 222 Å². The molecule has 0 saturated carbocycles. The molecule has 4 N–H and O–H groups in total. The van der Waals surface area contributed by atoms with Crippen molar-refractivity contribution in [2.24, 2.45) is 0 Å². The van der Waals surface area contributed by atoms with E-state index < -0.39 is 31.9 Å². The molecule has 0 aliphatic carbocycles. The second kappa shape index (κ2) is 32.0. The number of sulfonamides is 2. The summed E-state index contributed by atoms with van der Waals surface area (Å²) in [4.78, 5) is 28.7. The summed E-state index contributed by atoms with van der Waals surface area (Å²) in [5, 5.41) is 7.66. The van der Waals surface area contributed by atoms with E-state index in [-0.39, 0.29) is 114 Å². The summed E-state index contributed by atoms with van der Waals surface area (Å²) in [6, 6.07) is 21.0. The molecule has 25 heteroatoms. The van der Waals surface area contributed by atoms with Crippen LogP contribution >= 0.6 is 46.4 Å². The van der Waals surface area contributed by atoms with Crippen molar-refractivity contribution in [3.05, 3.63) is 126 Å². The molecule has 19 nitrogen and oxygen atoms in total. The molecule has 2 atom stereocenters. The highest BCUT2D eigenvalue weighted by atomic mass is 35.5. The number of halogens is 4. The normalized spacial score (nSPS) is 16.0. The first-order valence-corrected chi connectivity index (χ1v) is 29.6. The monoisotopic (exact) mass is 1190 g/mol. The van der Waals surface area contributed by atoms with E-state index in [4.69, 9.17) is 79.6 Å². The molecule has 4 aromatic rings. The standard InChI is InChI=1S/C52H68Cl4N6O13S2/c1-61-31-45(43-27-39(53)29-49(55)47(43)33-61)37-3-7-41(8-4-37)76(65,66)59-13-17-71-21-25-73-23-19-69-15-11-57-51(63)35-75-36-52(64)58-12-16-70-20-24-74-26-22-72-18-14-60-77(67,68)42-9-5-38(6-10-42)46-32-62(2)34-48-44(46)28-40(54)30-50(48)56/h3-10,27-30,45-46,59-60H,11-26,31-36H2,1-2H3,(H,57,63)(H,58,64). The number of amides is 2. The summed E-state index contributed by atoms with van der Waals surface area (Å²) in [7, 11) is -3.45. The highest BCUT2D eigenvalue weighted by Gasteiger charge is 2.29. The van der Waals surface area contributed by atoms with Gasteiger partial charge in [-0.1, -0.05) is 70.7 Å². The Morgan fingerprint density at radius 1 is 0.481 bits per heavy atom. The molecule has 0 radical (unpaired) electrons. The van der Waals surface area contributed by atoms with Crippen molar-refractivity contribution < 1.29 is 59.6 Å². The SMILES string of the molecule is CN1Cc2c(Cl)cc(Cl)cc2C(c2ccc(S(=O)(=O)NCCOCCOCCOCCNC(=O)COCC(=O)NCCOCCOCCOCCNS(=O)(=O)c3ccc(C4CN(C)Cc5c(Cl)cc(Cl)cc54)cc3)cc2)C1. The average Bonchev–Trinajstić information content (AvgIpc) is 3.43. The van der Waals surface area contributed by atoms with E-state index in [0.717, 1.165) is 46.5 Å². The lowest BCUT2D eigenvalue weighted by atomic mass is 9.85. The maximum atomic E-state index is 12.9. The summed E-state index contributed by atoms with van der Waals surface area (Å²) < 4.78 is 94.8. The molecule has 2 unspecified atom stereocenters. The molecule has 0 aromatic heterocycles. The molecule has 2 aliphatic heterocycles. The lowest BCUT2D eigenvalue weighted by Gasteiger charge is -2.33. The first-order valence-electron chi connectivity index (χ1n) is 25.1. The minimum atomic E-state index is -3.74. The summed E-state index contributed by atoms with van der Waals surface area (Å²) in [5.41, 5.74) is 6.08. The Kier molecular flexibility index (Phi) is 26.1. The van der Waals surface area contributed by atoms with Crippen molar-refractivity contribution in [2.75, 3.05) is 146 Å². The third-order valence-electron chi connectivity index (χ3n) is 12.3. The second-order valence-electron chi connectivity index (χ2n) is 18.2. The van der Waals surface area contributed by atoms with Gasteiger partial charge in [-0.3, -0.25) is 9.59 Å². The van der Waals surface area contributed by atoms with Gasteiger partial charge in [0.05, 0.1) is 89.1 Å². The third kappa shape index (κ3) is 20.5. The predicted octanol–water partition coefficient (Wildman–Crippen LogP) is 5.06. The highest BCUT2D eigenvalue weighted by molar-refractivity contribution is 7.89. The molecule has 0 spiro atoms. The fourth-order valence-corrected chi connectivity index (χ4v) is 11.8. The van der Waals surface area contributed by atoms with Crippen LogP contribution in [0.5, 0.6) is 0 Å². The molecule has 0 fully saturated rings. The maximum Gasteiger partial charge on any atom is 0.246 e. The number of fused-ring (bicyclic) bond motifs is 2. The summed E-state index contributed by atoms with van der Waals surface area (Å²) in [5.74, 6) is -0.796.